The molecule has 2 N–H and O–H groups in total. The molecule has 154 valence electrons. The van der Waals surface area contributed by atoms with Crippen LogP contribution in [0.25, 0.3) is 0 Å². The van der Waals surface area contributed by atoms with Crippen LogP contribution in [0.2, 0.25) is 5.02 Å². The Hall–Kier alpha value is -3.24. The van der Waals surface area contributed by atoms with E-state index in [1.807, 2.05) is 0 Å². The van der Waals surface area contributed by atoms with Gasteiger partial charge in [0.15, 0.2) is 5.17 Å². The van der Waals surface area contributed by atoms with E-state index in [-0.39, 0.29) is 29.1 Å². The summed E-state index contributed by atoms with van der Waals surface area (Å²) < 4.78 is 0. The molecule has 0 spiro atoms. The topological polar surface area (TPSA) is 126 Å². The Morgan fingerprint density at radius 2 is 1.90 bits per heavy atom. The summed E-state index contributed by atoms with van der Waals surface area (Å²) in [5, 5.41) is 24.3. The van der Waals surface area contributed by atoms with Gasteiger partial charge >= 0.3 is 0 Å². The number of halogens is 1. The van der Waals surface area contributed by atoms with Crippen LogP contribution in [-0.2, 0) is 9.59 Å². The number of benzene rings is 2. The molecule has 0 radical (unpaired) electrons. The number of nitrogens with one attached hydrogen (secondary N) is 2. The number of rotatable bonds is 6. The van der Waals surface area contributed by atoms with Crippen LogP contribution in [0.5, 0.6) is 0 Å². The fourth-order valence-corrected chi connectivity index (χ4v) is 3.55. The van der Waals surface area contributed by atoms with Crippen molar-refractivity contribution in [1.29, 1.82) is 0 Å². The van der Waals surface area contributed by atoms with Crippen molar-refractivity contribution >= 4 is 57.4 Å². The SMILES string of the molecule is C/C(=N\N=C1\NC(=O)C(CC(=O)Nc2ccc(Cl)cc2)S1)c1ccc([N+](=O)[O-])cc1. The van der Waals surface area contributed by atoms with Crippen molar-refractivity contribution in [3.63, 3.8) is 0 Å². The van der Waals surface area contributed by atoms with E-state index in [0.29, 0.717) is 22.0 Å². The van der Waals surface area contributed by atoms with E-state index in [4.69, 9.17) is 11.6 Å². The van der Waals surface area contributed by atoms with Crippen molar-refractivity contribution in [2.45, 2.75) is 18.6 Å². The van der Waals surface area contributed by atoms with Crippen LogP contribution in [-0.4, -0.2) is 32.9 Å². The number of nitrogens with zero attached hydrogens (tertiary/aromatic N) is 3. The summed E-state index contributed by atoms with van der Waals surface area (Å²) in [6.07, 6.45) is -0.0246. The number of amidine groups is 1. The van der Waals surface area contributed by atoms with Crippen LogP contribution in [0.4, 0.5) is 11.4 Å². The standard InChI is InChI=1S/C19H16ClN5O4S/c1-11(12-2-8-15(9-3-12)25(28)29)23-24-19-22-18(27)16(30-19)10-17(26)21-14-6-4-13(20)5-7-14/h2-9,16H,10H2,1H3,(H,21,26)(H,22,24,27)/b23-11+. The number of carbonyl (C=O) groups excluding carboxylic acids is 2. The predicted octanol–water partition coefficient (Wildman–Crippen LogP) is 3.59. The summed E-state index contributed by atoms with van der Waals surface area (Å²) in [6, 6.07) is 12.6. The molecule has 9 nitrogen and oxygen atoms in total. The predicted molar refractivity (Wildman–Crippen MR) is 117 cm³/mol. The van der Waals surface area contributed by atoms with Gasteiger partial charge in [-0.1, -0.05) is 23.4 Å². The average Bonchev–Trinajstić information content (AvgIpc) is 3.07. The van der Waals surface area contributed by atoms with Gasteiger partial charge in [-0.3, -0.25) is 19.7 Å². The van der Waals surface area contributed by atoms with Crippen LogP contribution in [0.15, 0.2) is 58.7 Å². The van der Waals surface area contributed by atoms with Crippen LogP contribution < -0.4 is 10.6 Å². The molecule has 1 fully saturated rings. The highest BCUT2D eigenvalue weighted by molar-refractivity contribution is 8.15. The van der Waals surface area contributed by atoms with E-state index in [0.717, 1.165) is 11.8 Å². The first kappa shape index (κ1) is 21.5. The average molecular weight is 446 g/mol. The maximum absolute atomic E-state index is 12.2. The zero-order chi connectivity index (χ0) is 21.7. The van der Waals surface area contributed by atoms with Crippen LogP contribution in [0.1, 0.15) is 18.9 Å². The molecule has 0 saturated carbocycles. The second-order valence-electron chi connectivity index (χ2n) is 6.25. The highest BCUT2D eigenvalue weighted by Gasteiger charge is 2.32. The van der Waals surface area contributed by atoms with Gasteiger partial charge in [-0.15, -0.1) is 5.10 Å². The van der Waals surface area contributed by atoms with Gasteiger partial charge in [-0.2, -0.15) is 5.10 Å². The summed E-state index contributed by atoms with van der Waals surface area (Å²) >= 11 is 6.93. The molecule has 30 heavy (non-hydrogen) atoms. The summed E-state index contributed by atoms with van der Waals surface area (Å²) in [6.45, 7) is 1.70. The van der Waals surface area contributed by atoms with E-state index in [9.17, 15) is 19.7 Å². The smallest absolute Gasteiger partial charge is 0.269 e. The molecular formula is C19H16ClN5O4S. The summed E-state index contributed by atoms with van der Waals surface area (Å²) in [4.78, 5) is 34.5. The zero-order valence-electron chi connectivity index (χ0n) is 15.7. The molecule has 0 aliphatic carbocycles. The van der Waals surface area contributed by atoms with Gasteiger partial charge in [0.05, 0.1) is 10.6 Å². The lowest BCUT2D eigenvalue weighted by Gasteiger charge is -2.07. The van der Waals surface area contributed by atoms with Gasteiger partial charge in [0.25, 0.3) is 5.69 Å². The van der Waals surface area contributed by atoms with Crippen molar-refractivity contribution in [3.8, 4) is 0 Å². The van der Waals surface area contributed by atoms with Crippen LogP contribution in [0.3, 0.4) is 0 Å². The maximum atomic E-state index is 12.2. The molecule has 1 saturated heterocycles. The molecule has 1 heterocycles. The Labute approximate surface area is 180 Å². The van der Waals surface area contributed by atoms with Gasteiger partial charge in [0.2, 0.25) is 11.8 Å². The molecule has 0 aromatic heterocycles. The largest absolute Gasteiger partial charge is 0.326 e. The Morgan fingerprint density at radius 3 is 2.53 bits per heavy atom. The lowest BCUT2D eigenvalue weighted by atomic mass is 10.1. The number of nitro groups is 1. The first-order valence-electron chi connectivity index (χ1n) is 8.72. The van der Waals surface area contributed by atoms with E-state index in [1.165, 1.54) is 12.1 Å². The van der Waals surface area contributed by atoms with Crippen molar-refractivity contribution in [3.05, 3.63) is 69.2 Å². The zero-order valence-corrected chi connectivity index (χ0v) is 17.2. The first-order valence-corrected chi connectivity index (χ1v) is 9.97. The Kier molecular flexibility index (Phi) is 6.80. The molecule has 1 atom stereocenters. The Bertz CT molecular complexity index is 1040. The lowest BCUT2D eigenvalue weighted by Crippen LogP contribution is -2.28. The van der Waals surface area contributed by atoms with E-state index in [1.54, 1.807) is 43.3 Å². The molecule has 11 heteroatoms. The number of carbonyl (C=O) groups is 2. The number of nitro benzene ring substituents is 1. The Balaban J connectivity index is 1.59. The summed E-state index contributed by atoms with van der Waals surface area (Å²) in [7, 11) is 0. The lowest BCUT2D eigenvalue weighted by molar-refractivity contribution is -0.384. The molecule has 1 unspecified atom stereocenters. The number of anilines is 1. The third kappa shape index (κ3) is 5.65. The van der Waals surface area contributed by atoms with Gasteiger partial charge in [-0.25, -0.2) is 0 Å². The quantitative estimate of drug-likeness (QED) is 0.399. The highest BCUT2D eigenvalue weighted by atomic mass is 35.5. The minimum Gasteiger partial charge on any atom is -0.326 e. The maximum Gasteiger partial charge on any atom is 0.269 e. The van der Waals surface area contributed by atoms with Crippen molar-refractivity contribution in [1.82, 2.24) is 5.32 Å². The molecule has 2 aromatic rings. The number of non-ortho nitro benzene ring substituents is 1. The second-order valence-corrected chi connectivity index (χ2v) is 7.88. The van der Waals surface area contributed by atoms with Crippen LogP contribution in [0, 0.1) is 10.1 Å². The molecular weight excluding hydrogens is 430 g/mol. The third-order valence-electron chi connectivity index (χ3n) is 4.06. The summed E-state index contributed by atoms with van der Waals surface area (Å²) in [5.41, 5.74) is 1.76. The van der Waals surface area contributed by atoms with Gasteiger partial charge in [0.1, 0.15) is 5.25 Å². The second kappa shape index (κ2) is 9.51. The third-order valence-corrected chi connectivity index (χ3v) is 5.39. The molecule has 0 bridgehead atoms. The molecule has 1 aliphatic rings. The van der Waals surface area contributed by atoms with Crippen LogP contribution >= 0.6 is 23.4 Å². The first-order chi connectivity index (χ1) is 14.3. The monoisotopic (exact) mass is 445 g/mol. The number of hydrogen-bond donors (Lipinski definition) is 2. The molecule has 2 amide bonds. The number of hydrogen-bond acceptors (Lipinski definition) is 7. The minimum atomic E-state index is -0.620. The highest BCUT2D eigenvalue weighted by Crippen LogP contribution is 2.23. The number of amides is 2. The normalized spacial score (nSPS) is 17.7. The molecule has 1 aliphatic heterocycles. The fourth-order valence-electron chi connectivity index (χ4n) is 2.50. The van der Waals surface area contributed by atoms with Crippen molar-refractivity contribution in [2.24, 2.45) is 10.2 Å². The van der Waals surface area contributed by atoms with Crippen molar-refractivity contribution in [2.75, 3.05) is 5.32 Å². The molecule has 3 rings (SSSR count). The van der Waals surface area contributed by atoms with E-state index >= 15 is 0 Å². The van der Waals surface area contributed by atoms with Crippen molar-refractivity contribution < 1.29 is 14.5 Å². The van der Waals surface area contributed by atoms with Gasteiger partial charge < -0.3 is 10.6 Å². The minimum absolute atomic E-state index is 0.0174. The van der Waals surface area contributed by atoms with Gasteiger partial charge in [0, 0.05) is 29.3 Å². The summed E-state index contributed by atoms with van der Waals surface area (Å²) in [5.74, 6) is -0.634. The Morgan fingerprint density at radius 1 is 1.23 bits per heavy atom. The van der Waals surface area contributed by atoms with E-state index < -0.39 is 10.2 Å². The number of thioether (sulfide) groups is 1. The van der Waals surface area contributed by atoms with Gasteiger partial charge in [-0.05, 0) is 48.9 Å². The van der Waals surface area contributed by atoms with E-state index in [2.05, 4.69) is 20.8 Å². The fraction of sp³-hybridized carbons (Fsp3) is 0.158. The molecule has 2 aromatic carbocycles.